The van der Waals surface area contributed by atoms with Crippen LogP contribution in [0.25, 0.3) is 5.57 Å². The van der Waals surface area contributed by atoms with E-state index in [-0.39, 0.29) is 32.8 Å². The number of aldehydes is 1. The molecule has 1 radical (unpaired) electrons. The average molecular weight is 523 g/mol. The van der Waals surface area contributed by atoms with Crippen LogP contribution in [0.15, 0.2) is 11.6 Å². The topological polar surface area (TPSA) is 70.6 Å². The van der Waals surface area contributed by atoms with Crippen LogP contribution in [-0.4, -0.2) is 44.7 Å². The predicted octanol–water partition coefficient (Wildman–Crippen LogP) is 1.96. The number of nitrogens with one attached hydrogen (secondary N) is 2. The summed E-state index contributed by atoms with van der Waals surface area (Å²) < 4.78 is 5.23. The van der Waals surface area contributed by atoms with Crippen LogP contribution in [0.3, 0.4) is 0 Å². The van der Waals surface area contributed by atoms with Crippen molar-refractivity contribution in [2.24, 2.45) is 0 Å². The second kappa shape index (κ2) is 8.29. The standard InChI is InChI=1S/C14H16Cl2N2O3.Ir/c1-17-14-8(3-10(21-2)12(15)13(14)16)11-7(5-19)4-18-9(11)6-20;/h3,5,9,17-18,20H,4,6H2,1-2H3;. The molecular formula is C14H16Cl2IrN2O3. The van der Waals surface area contributed by atoms with Crippen LogP contribution in [0.1, 0.15) is 5.56 Å². The number of aliphatic hydroxyl groups excluding tert-OH is 1. The van der Waals surface area contributed by atoms with Crippen molar-refractivity contribution in [1.82, 2.24) is 5.32 Å². The average Bonchev–Trinajstić information content (AvgIpc) is 2.92. The molecule has 0 aromatic heterocycles. The maximum Gasteiger partial charge on any atom is 0.147 e. The fourth-order valence-corrected chi connectivity index (χ4v) is 3.00. The summed E-state index contributed by atoms with van der Waals surface area (Å²) in [6.45, 7) is 0.272. The van der Waals surface area contributed by atoms with Crippen LogP contribution >= 0.6 is 23.2 Å². The van der Waals surface area contributed by atoms with Gasteiger partial charge in [-0.25, -0.2) is 0 Å². The molecule has 8 heteroatoms. The molecule has 2 rings (SSSR count). The van der Waals surface area contributed by atoms with Gasteiger partial charge in [-0.1, -0.05) is 23.2 Å². The SMILES string of the molecule is CNc1c(C2=C(C=O)CNC2CO)cc(OC)c(Cl)c1Cl.[Ir]. The second-order valence-electron chi connectivity index (χ2n) is 4.55. The van der Waals surface area contributed by atoms with Crippen molar-refractivity contribution in [1.29, 1.82) is 0 Å². The fourth-order valence-electron chi connectivity index (χ4n) is 2.48. The Hall–Kier alpha value is -0.621. The normalized spacial score (nSPS) is 17.2. The van der Waals surface area contributed by atoms with E-state index in [0.29, 0.717) is 44.7 Å². The number of hydrogen-bond acceptors (Lipinski definition) is 5. The van der Waals surface area contributed by atoms with Gasteiger partial charge in [-0.3, -0.25) is 4.79 Å². The molecular weight excluding hydrogens is 507 g/mol. The Morgan fingerprint density at radius 1 is 1.50 bits per heavy atom. The first kappa shape index (κ1) is 19.4. The Morgan fingerprint density at radius 2 is 2.18 bits per heavy atom. The summed E-state index contributed by atoms with van der Waals surface area (Å²) in [5.74, 6) is 0.414. The molecule has 1 atom stereocenters. The molecule has 1 heterocycles. The van der Waals surface area contributed by atoms with Crippen LogP contribution in [0, 0.1) is 0 Å². The van der Waals surface area contributed by atoms with Gasteiger partial charge >= 0.3 is 0 Å². The largest absolute Gasteiger partial charge is 0.495 e. The summed E-state index contributed by atoms with van der Waals surface area (Å²) in [5, 5.41) is 16.2. The number of anilines is 1. The first-order chi connectivity index (χ1) is 10.1. The van der Waals surface area contributed by atoms with Gasteiger partial charge in [0.15, 0.2) is 0 Å². The molecule has 1 aromatic carbocycles. The van der Waals surface area contributed by atoms with E-state index >= 15 is 0 Å². The summed E-state index contributed by atoms with van der Waals surface area (Å²) in [6, 6.07) is 1.38. The number of rotatable bonds is 5. The van der Waals surface area contributed by atoms with Crippen LogP contribution in [0.2, 0.25) is 10.0 Å². The smallest absolute Gasteiger partial charge is 0.147 e. The van der Waals surface area contributed by atoms with Gasteiger partial charge in [-0.05, 0) is 11.6 Å². The molecule has 0 saturated heterocycles. The van der Waals surface area contributed by atoms with Crippen molar-refractivity contribution in [3.8, 4) is 5.75 Å². The predicted molar refractivity (Wildman–Crippen MR) is 84.4 cm³/mol. The van der Waals surface area contributed by atoms with E-state index < -0.39 is 0 Å². The molecule has 0 saturated carbocycles. The summed E-state index contributed by atoms with van der Waals surface area (Å²) in [6.07, 6.45) is 0.784. The molecule has 0 amide bonds. The van der Waals surface area contributed by atoms with Crippen molar-refractivity contribution in [3.63, 3.8) is 0 Å². The summed E-state index contributed by atoms with van der Waals surface area (Å²) >= 11 is 12.4. The molecule has 0 fully saturated rings. The Morgan fingerprint density at radius 3 is 2.68 bits per heavy atom. The number of benzene rings is 1. The number of halogens is 2. The minimum absolute atomic E-state index is 0. The molecule has 22 heavy (non-hydrogen) atoms. The van der Waals surface area contributed by atoms with Gasteiger partial charge in [-0.15, -0.1) is 0 Å². The van der Waals surface area contributed by atoms with Crippen LogP contribution in [0.5, 0.6) is 5.75 Å². The minimum Gasteiger partial charge on any atom is -0.495 e. The zero-order valence-electron chi connectivity index (χ0n) is 12.0. The third kappa shape index (κ3) is 3.32. The monoisotopic (exact) mass is 523 g/mol. The van der Waals surface area contributed by atoms with E-state index in [4.69, 9.17) is 27.9 Å². The third-order valence-electron chi connectivity index (χ3n) is 3.49. The Balaban J connectivity index is 0.00000242. The Labute approximate surface area is 152 Å². The van der Waals surface area contributed by atoms with E-state index in [9.17, 15) is 9.90 Å². The number of methoxy groups -OCH3 is 1. The number of aliphatic hydroxyl groups is 1. The van der Waals surface area contributed by atoms with E-state index in [1.807, 2.05) is 0 Å². The quantitative estimate of drug-likeness (QED) is 0.515. The molecule has 5 nitrogen and oxygen atoms in total. The minimum atomic E-state index is -0.334. The number of hydrogen-bond donors (Lipinski definition) is 3. The van der Waals surface area contributed by atoms with Gasteiger partial charge in [0.2, 0.25) is 0 Å². The summed E-state index contributed by atoms with van der Waals surface area (Å²) in [4.78, 5) is 11.3. The summed E-state index contributed by atoms with van der Waals surface area (Å²) in [7, 11) is 3.21. The molecule has 1 aliphatic heterocycles. The Bertz CT molecular complexity index is 608. The van der Waals surface area contributed by atoms with Crippen molar-refractivity contribution >= 4 is 40.7 Å². The summed E-state index contributed by atoms with van der Waals surface area (Å²) in [5.41, 5.74) is 2.56. The number of ether oxygens (including phenoxy) is 1. The van der Waals surface area contributed by atoms with E-state index in [2.05, 4.69) is 10.6 Å². The van der Waals surface area contributed by atoms with Crippen molar-refractivity contribution < 1.29 is 34.7 Å². The molecule has 1 unspecified atom stereocenters. The first-order valence-electron chi connectivity index (χ1n) is 6.35. The van der Waals surface area contributed by atoms with Crippen molar-refractivity contribution in [2.45, 2.75) is 6.04 Å². The maximum absolute atomic E-state index is 11.3. The van der Waals surface area contributed by atoms with Crippen LogP contribution in [0.4, 0.5) is 5.69 Å². The van der Waals surface area contributed by atoms with Gasteiger partial charge in [0, 0.05) is 44.8 Å². The van der Waals surface area contributed by atoms with Crippen molar-refractivity contribution in [3.05, 3.63) is 27.2 Å². The van der Waals surface area contributed by atoms with Gasteiger partial charge in [0.05, 0.1) is 30.5 Å². The van der Waals surface area contributed by atoms with E-state index in [1.165, 1.54) is 7.11 Å². The van der Waals surface area contributed by atoms with Gasteiger partial charge in [0.25, 0.3) is 0 Å². The third-order valence-corrected chi connectivity index (χ3v) is 4.34. The molecule has 0 spiro atoms. The zero-order valence-corrected chi connectivity index (χ0v) is 15.9. The number of carbonyl (C=O) groups excluding carboxylic acids is 1. The second-order valence-corrected chi connectivity index (χ2v) is 5.31. The molecule has 3 N–H and O–H groups in total. The van der Waals surface area contributed by atoms with Gasteiger partial charge < -0.3 is 20.5 Å². The zero-order chi connectivity index (χ0) is 15.6. The van der Waals surface area contributed by atoms with Gasteiger partial charge in [-0.2, -0.15) is 0 Å². The molecule has 1 aliphatic rings. The maximum atomic E-state index is 11.3. The molecule has 0 aliphatic carbocycles. The fraction of sp³-hybridized carbons (Fsp3) is 0.357. The first-order valence-corrected chi connectivity index (χ1v) is 7.11. The van der Waals surface area contributed by atoms with Crippen LogP contribution < -0.4 is 15.4 Å². The Kier molecular flexibility index (Phi) is 7.32. The van der Waals surface area contributed by atoms with Crippen LogP contribution in [-0.2, 0) is 24.9 Å². The molecule has 1 aromatic rings. The molecule has 0 bridgehead atoms. The van der Waals surface area contributed by atoms with Crippen molar-refractivity contribution in [2.75, 3.05) is 32.6 Å². The van der Waals surface area contributed by atoms with E-state index in [1.54, 1.807) is 13.1 Å². The van der Waals surface area contributed by atoms with E-state index in [0.717, 1.165) is 6.29 Å². The number of carbonyl (C=O) groups is 1. The molecule has 123 valence electrons. The van der Waals surface area contributed by atoms with Gasteiger partial charge in [0.1, 0.15) is 17.1 Å².